The monoisotopic (exact) mass is 301 g/mol. The van der Waals surface area contributed by atoms with Gasteiger partial charge in [-0.3, -0.25) is 5.84 Å². The number of hydrogen-bond acceptors (Lipinski definition) is 5. The second kappa shape index (κ2) is 5.70. The number of nitrogens with zero attached hydrogens (tertiary/aromatic N) is 1. The summed E-state index contributed by atoms with van der Waals surface area (Å²) < 4.78 is 27.1. The minimum Gasteiger partial charge on any atom is -0.323 e. The molecule has 0 spiro atoms. The summed E-state index contributed by atoms with van der Waals surface area (Å²) in [5.74, 6) is 6.22. The van der Waals surface area contributed by atoms with Crippen molar-refractivity contribution >= 4 is 27.5 Å². The summed E-state index contributed by atoms with van der Waals surface area (Å²) in [5, 5.41) is 0.293. The highest BCUT2D eigenvalue weighted by atomic mass is 32.2. The topological polar surface area (TPSA) is 75.4 Å². The molecule has 1 heterocycles. The zero-order valence-corrected chi connectivity index (χ0v) is 12.7. The van der Waals surface area contributed by atoms with Crippen LogP contribution in [-0.4, -0.2) is 36.3 Å². The molecule has 1 saturated heterocycles. The van der Waals surface area contributed by atoms with Gasteiger partial charge in [0.05, 0.1) is 5.69 Å². The first-order chi connectivity index (χ1) is 8.98. The van der Waals surface area contributed by atoms with Crippen molar-refractivity contribution in [1.82, 2.24) is 4.31 Å². The van der Waals surface area contributed by atoms with Crippen LogP contribution in [0.4, 0.5) is 5.69 Å². The summed E-state index contributed by atoms with van der Waals surface area (Å²) in [4.78, 5) is 0.239. The maximum Gasteiger partial charge on any atom is 0.245 e. The number of sulfonamides is 1. The van der Waals surface area contributed by atoms with E-state index in [0.717, 1.165) is 5.75 Å². The van der Waals surface area contributed by atoms with Gasteiger partial charge in [-0.2, -0.15) is 16.1 Å². The largest absolute Gasteiger partial charge is 0.323 e. The third-order valence-electron chi connectivity index (χ3n) is 3.46. The molecule has 1 fully saturated rings. The molecular weight excluding hydrogens is 282 g/mol. The summed E-state index contributed by atoms with van der Waals surface area (Å²) in [6.07, 6.45) is 0. The Morgan fingerprint density at radius 2 is 2.05 bits per heavy atom. The van der Waals surface area contributed by atoms with E-state index in [4.69, 9.17) is 5.84 Å². The van der Waals surface area contributed by atoms with E-state index in [0.29, 0.717) is 17.5 Å². The molecule has 0 amide bonds. The fourth-order valence-electron chi connectivity index (χ4n) is 2.18. The molecule has 7 heteroatoms. The lowest BCUT2D eigenvalue weighted by Crippen LogP contribution is -2.47. The number of thioether (sulfide) groups is 1. The number of benzene rings is 1. The molecule has 2 unspecified atom stereocenters. The van der Waals surface area contributed by atoms with Gasteiger partial charge >= 0.3 is 0 Å². The van der Waals surface area contributed by atoms with Gasteiger partial charge in [0.2, 0.25) is 10.0 Å². The van der Waals surface area contributed by atoms with E-state index < -0.39 is 10.0 Å². The molecule has 2 atom stereocenters. The lowest BCUT2D eigenvalue weighted by atomic mass is 10.2. The van der Waals surface area contributed by atoms with Crippen molar-refractivity contribution in [3.8, 4) is 0 Å². The summed E-state index contributed by atoms with van der Waals surface area (Å²) >= 11 is 1.80. The van der Waals surface area contributed by atoms with Crippen molar-refractivity contribution in [2.45, 2.75) is 30.0 Å². The highest BCUT2D eigenvalue weighted by Crippen LogP contribution is 2.31. The Hall–Kier alpha value is -0.760. The molecule has 0 radical (unpaired) electrons. The number of rotatable bonds is 3. The molecule has 3 N–H and O–H groups in total. The van der Waals surface area contributed by atoms with Crippen LogP contribution in [-0.2, 0) is 10.0 Å². The fraction of sp³-hybridized carbons (Fsp3) is 0.500. The van der Waals surface area contributed by atoms with E-state index in [-0.39, 0.29) is 10.9 Å². The molecular formula is C12H19N3O2S2. The van der Waals surface area contributed by atoms with Gasteiger partial charge in [0, 0.05) is 23.6 Å². The predicted octanol–water partition coefficient (Wildman–Crippen LogP) is 1.49. The highest BCUT2D eigenvalue weighted by molar-refractivity contribution is 8.00. The van der Waals surface area contributed by atoms with Crippen LogP contribution < -0.4 is 11.3 Å². The minimum absolute atomic E-state index is 0.0189. The number of hydrogen-bond donors (Lipinski definition) is 2. The lowest BCUT2D eigenvalue weighted by molar-refractivity contribution is 0.340. The van der Waals surface area contributed by atoms with E-state index in [1.54, 1.807) is 40.3 Å². The smallest absolute Gasteiger partial charge is 0.245 e. The number of nitrogens with one attached hydrogen (secondary N) is 1. The molecule has 1 aromatic rings. The van der Waals surface area contributed by atoms with Gasteiger partial charge in [-0.1, -0.05) is 19.1 Å². The first-order valence-corrected chi connectivity index (χ1v) is 8.66. The third-order valence-corrected chi connectivity index (χ3v) is 6.84. The van der Waals surface area contributed by atoms with Crippen LogP contribution in [0.2, 0.25) is 0 Å². The predicted molar refractivity (Wildman–Crippen MR) is 79.5 cm³/mol. The summed E-state index contributed by atoms with van der Waals surface area (Å²) in [5.41, 5.74) is 2.89. The van der Waals surface area contributed by atoms with E-state index >= 15 is 0 Å². The maximum absolute atomic E-state index is 12.7. The average molecular weight is 301 g/mol. The van der Waals surface area contributed by atoms with Gasteiger partial charge in [0.25, 0.3) is 0 Å². The van der Waals surface area contributed by atoms with Crippen LogP contribution in [0.3, 0.4) is 0 Å². The fourth-order valence-corrected chi connectivity index (χ4v) is 5.33. The molecule has 106 valence electrons. The summed E-state index contributed by atoms with van der Waals surface area (Å²) in [7, 11) is -3.51. The Morgan fingerprint density at radius 1 is 1.37 bits per heavy atom. The Kier molecular flexibility index (Phi) is 4.39. The Balaban J connectivity index is 2.42. The Labute approximate surface area is 118 Å². The first kappa shape index (κ1) is 14.6. The van der Waals surface area contributed by atoms with Crippen LogP contribution in [0, 0.1) is 0 Å². The van der Waals surface area contributed by atoms with Crippen LogP contribution in [0.1, 0.15) is 13.8 Å². The SMILES string of the molecule is CC1SCCN(S(=O)(=O)c2ccccc2NN)C1C. The van der Waals surface area contributed by atoms with Crippen LogP contribution in [0.25, 0.3) is 0 Å². The minimum atomic E-state index is -3.51. The molecule has 0 bridgehead atoms. The van der Waals surface area contributed by atoms with Gasteiger partial charge in [0.1, 0.15) is 4.90 Å². The molecule has 1 aliphatic heterocycles. The molecule has 19 heavy (non-hydrogen) atoms. The highest BCUT2D eigenvalue weighted by Gasteiger charge is 2.35. The first-order valence-electron chi connectivity index (χ1n) is 6.17. The lowest BCUT2D eigenvalue weighted by Gasteiger charge is -2.36. The van der Waals surface area contributed by atoms with Gasteiger partial charge in [-0.15, -0.1) is 0 Å². The normalized spacial score (nSPS) is 25.2. The molecule has 1 aliphatic rings. The second-order valence-electron chi connectivity index (χ2n) is 4.57. The molecule has 2 rings (SSSR count). The van der Waals surface area contributed by atoms with Gasteiger partial charge in [-0.05, 0) is 19.1 Å². The third kappa shape index (κ3) is 2.74. The quantitative estimate of drug-likeness (QED) is 0.653. The van der Waals surface area contributed by atoms with Crippen LogP contribution in [0.5, 0.6) is 0 Å². The van der Waals surface area contributed by atoms with Crippen molar-refractivity contribution in [2.75, 3.05) is 17.7 Å². The van der Waals surface area contributed by atoms with Gasteiger partial charge < -0.3 is 5.43 Å². The number of nitrogen functional groups attached to an aromatic ring is 1. The molecule has 5 nitrogen and oxygen atoms in total. The van der Waals surface area contributed by atoms with Crippen molar-refractivity contribution in [3.63, 3.8) is 0 Å². The number of para-hydroxylation sites is 1. The summed E-state index contributed by atoms with van der Waals surface area (Å²) in [6.45, 7) is 4.55. The van der Waals surface area contributed by atoms with Crippen molar-refractivity contribution in [2.24, 2.45) is 5.84 Å². The molecule has 1 aromatic carbocycles. The van der Waals surface area contributed by atoms with Crippen molar-refractivity contribution < 1.29 is 8.42 Å². The maximum atomic E-state index is 12.7. The Morgan fingerprint density at radius 3 is 2.74 bits per heavy atom. The number of hydrazine groups is 1. The van der Waals surface area contributed by atoms with E-state index in [2.05, 4.69) is 12.3 Å². The second-order valence-corrected chi connectivity index (χ2v) is 7.92. The summed E-state index contributed by atoms with van der Waals surface area (Å²) in [6, 6.07) is 6.70. The average Bonchev–Trinajstić information content (AvgIpc) is 2.41. The zero-order valence-electron chi connectivity index (χ0n) is 11.0. The van der Waals surface area contributed by atoms with Gasteiger partial charge in [-0.25, -0.2) is 8.42 Å². The molecule has 0 aliphatic carbocycles. The standard InChI is InChI=1S/C12H19N3O2S2/c1-9-10(2)18-8-7-15(9)19(16,17)12-6-4-3-5-11(12)14-13/h3-6,9-10,14H,7-8,13H2,1-2H3. The van der Waals surface area contributed by atoms with Crippen LogP contribution >= 0.6 is 11.8 Å². The van der Waals surface area contributed by atoms with E-state index in [1.807, 2.05) is 6.92 Å². The van der Waals surface area contributed by atoms with Crippen LogP contribution in [0.15, 0.2) is 29.2 Å². The molecule has 0 aromatic heterocycles. The number of nitrogens with two attached hydrogens (primary N) is 1. The number of anilines is 1. The van der Waals surface area contributed by atoms with E-state index in [9.17, 15) is 8.42 Å². The van der Waals surface area contributed by atoms with E-state index in [1.165, 1.54) is 0 Å². The van der Waals surface area contributed by atoms with Gasteiger partial charge in [0.15, 0.2) is 0 Å². The zero-order chi connectivity index (χ0) is 14.0. The molecule has 0 saturated carbocycles. The van der Waals surface area contributed by atoms with Crippen molar-refractivity contribution in [1.29, 1.82) is 0 Å². The Bertz CT molecular complexity index is 548. The van der Waals surface area contributed by atoms with Crippen molar-refractivity contribution in [3.05, 3.63) is 24.3 Å².